The zero-order valence-corrected chi connectivity index (χ0v) is 13.4. The van der Waals surface area contributed by atoms with Crippen LogP contribution < -0.4 is 9.46 Å². The second kappa shape index (κ2) is 6.34. The molecule has 0 aliphatic heterocycles. The Balaban J connectivity index is 2.07. The van der Waals surface area contributed by atoms with E-state index < -0.39 is 10.0 Å². The second-order valence-corrected chi connectivity index (χ2v) is 7.53. The van der Waals surface area contributed by atoms with Gasteiger partial charge in [-0.15, -0.1) is 0 Å². The Hall–Kier alpha value is -1.11. The number of hydrogen-bond acceptors (Lipinski definition) is 4. The summed E-state index contributed by atoms with van der Waals surface area (Å²) in [6, 6.07) is 4.86. The van der Waals surface area contributed by atoms with Crippen LogP contribution in [-0.2, 0) is 10.0 Å². The van der Waals surface area contributed by atoms with Gasteiger partial charge in [-0.05, 0) is 49.9 Å². The lowest BCUT2D eigenvalue weighted by Gasteiger charge is -2.14. The molecule has 0 bridgehead atoms. The molecular formula is C15H23NO4S. The first-order valence-corrected chi connectivity index (χ1v) is 8.75. The number of ether oxygens (including phenoxy) is 1. The third-order valence-electron chi connectivity index (χ3n) is 3.85. The van der Waals surface area contributed by atoms with Crippen molar-refractivity contribution in [1.29, 1.82) is 0 Å². The van der Waals surface area contributed by atoms with Crippen molar-refractivity contribution in [1.82, 2.24) is 4.72 Å². The maximum Gasteiger partial charge on any atom is 0.240 e. The third-order valence-corrected chi connectivity index (χ3v) is 5.25. The smallest absolute Gasteiger partial charge is 0.240 e. The standard InChI is InChI=1S/C15H23NO4S/c1-3-8-20-14-5-4-13(9-12(14)2)21(18,19)16-10-15(11-17)6-7-15/h4-5,9,16-17H,3,6-8,10-11H2,1-2H3. The Morgan fingerprint density at radius 3 is 2.62 bits per heavy atom. The maximum absolute atomic E-state index is 12.3. The van der Waals surface area contributed by atoms with Crippen LogP contribution in [-0.4, -0.2) is 33.3 Å². The van der Waals surface area contributed by atoms with Gasteiger partial charge >= 0.3 is 0 Å². The van der Waals surface area contributed by atoms with Crippen LogP contribution >= 0.6 is 0 Å². The zero-order valence-electron chi connectivity index (χ0n) is 12.6. The molecule has 1 saturated carbocycles. The average Bonchev–Trinajstić information content (AvgIpc) is 3.25. The Morgan fingerprint density at radius 2 is 2.10 bits per heavy atom. The highest BCUT2D eigenvalue weighted by molar-refractivity contribution is 7.89. The lowest BCUT2D eigenvalue weighted by atomic mass is 10.1. The molecule has 0 spiro atoms. The molecule has 6 heteroatoms. The molecular weight excluding hydrogens is 290 g/mol. The molecule has 5 nitrogen and oxygen atoms in total. The van der Waals surface area contributed by atoms with Crippen LogP contribution in [0.1, 0.15) is 31.7 Å². The van der Waals surface area contributed by atoms with Crippen molar-refractivity contribution in [2.45, 2.75) is 38.0 Å². The molecule has 1 aliphatic carbocycles. The van der Waals surface area contributed by atoms with Crippen LogP contribution in [0.2, 0.25) is 0 Å². The van der Waals surface area contributed by atoms with Gasteiger partial charge in [0.15, 0.2) is 0 Å². The molecule has 2 N–H and O–H groups in total. The Labute approximate surface area is 126 Å². The average molecular weight is 313 g/mol. The van der Waals surface area contributed by atoms with Crippen molar-refractivity contribution in [3.63, 3.8) is 0 Å². The number of benzene rings is 1. The van der Waals surface area contributed by atoms with E-state index in [0.29, 0.717) is 18.9 Å². The van der Waals surface area contributed by atoms with Gasteiger partial charge in [-0.3, -0.25) is 0 Å². The number of aliphatic hydroxyl groups excluding tert-OH is 1. The predicted octanol–water partition coefficient (Wildman–Crippen LogP) is 1.83. The molecule has 1 aromatic carbocycles. The molecule has 0 saturated heterocycles. The van der Waals surface area contributed by atoms with Crippen molar-refractivity contribution in [3.05, 3.63) is 23.8 Å². The fourth-order valence-corrected chi connectivity index (χ4v) is 3.30. The number of nitrogens with one attached hydrogen (secondary N) is 1. The Kier molecular flexibility index (Phi) is 4.91. The third kappa shape index (κ3) is 3.96. The minimum atomic E-state index is -3.54. The highest BCUT2D eigenvalue weighted by Crippen LogP contribution is 2.44. The van der Waals surface area contributed by atoms with Crippen LogP contribution in [0, 0.1) is 12.3 Å². The first-order valence-electron chi connectivity index (χ1n) is 7.26. The van der Waals surface area contributed by atoms with Gasteiger partial charge in [0.25, 0.3) is 0 Å². The molecule has 118 valence electrons. The molecule has 0 amide bonds. The van der Waals surface area contributed by atoms with Crippen molar-refractivity contribution < 1.29 is 18.3 Å². The lowest BCUT2D eigenvalue weighted by molar-refractivity contribution is 0.213. The van der Waals surface area contributed by atoms with Gasteiger partial charge in [0, 0.05) is 18.6 Å². The summed E-state index contributed by atoms with van der Waals surface area (Å²) in [4.78, 5) is 0.234. The predicted molar refractivity (Wildman–Crippen MR) is 80.9 cm³/mol. The van der Waals surface area contributed by atoms with Crippen LogP contribution in [0.4, 0.5) is 0 Å². The quantitative estimate of drug-likeness (QED) is 0.768. The van der Waals surface area contributed by atoms with E-state index in [4.69, 9.17) is 4.74 Å². The van der Waals surface area contributed by atoms with E-state index in [0.717, 1.165) is 24.8 Å². The summed E-state index contributed by atoms with van der Waals surface area (Å²) in [5, 5.41) is 9.24. The molecule has 1 aromatic rings. The SMILES string of the molecule is CCCOc1ccc(S(=O)(=O)NCC2(CO)CC2)cc1C. The molecule has 2 rings (SSSR count). The van der Waals surface area contributed by atoms with E-state index in [-0.39, 0.29) is 16.9 Å². The summed E-state index contributed by atoms with van der Waals surface area (Å²) in [6.07, 6.45) is 2.65. The van der Waals surface area contributed by atoms with Gasteiger partial charge in [0.2, 0.25) is 10.0 Å². The minimum Gasteiger partial charge on any atom is -0.493 e. The fourth-order valence-electron chi connectivity index (χ4n) is 2.06. The molecule has 0 atom stereocenters. The summed E-state index contributed by atoms with van der Waals surface area (Å²) in [5.74, 6) is 0.713. The first-order chi connectivity index (χ1) is 9.92. The summed E-state index contributed by atoms with van der Waals surface area (Å²) < 4.78 is 32.7. The van der Waals surface area contributed by atoms with E-state index in [1.54, 1.807) is 18.2 Å². The van der Waals surface area contributed by atoms with Crippen LogP contribution in [0.25, 0.3) is 0 Å². The zero-order chi connectivity index (χ0) is 15.5. The van der Waals surface area contributed by atoms with Crippen molar-refractivity contribution in [2.75, 3.05) is 19.8 Å². The van der Waals surface area contributed by atoms with Gasteiger partial charge in [0.05, 0.1) is 11.5 Å². The van der Waals surface area contributed by atoms with Crippen molar-refractivity contribution in [2.24, 2.45) is 5.41 Å². The molecule has 0 radical (unpaired) electrons. The van der Waals surface area contributed by atoms with Gasteiger partial charge in [-0.1, -0.05) is 6.92 Å². The largest absolute Gasteiger partial charge is 0.493 e. The summed E-state index contributed by atoms with van der Waals surface area (Å²) >= 11 is 0. The lowest BCUT2D eigenvalue weighted by Crippen LogP contribution is -2.31. The van der Waals surface area contributed by atoms with Crippen molar-refractivity contribution in [3.8, 4) is 5.75 Å². The number of aliphatic hydroxyl groups is 1. The number of rotatable bonds is 8. The molecule has 21 heavy (non-hydrogen) atoms. The summed E-state index contributed by atoms with van der Waals surface area (Å²) in [7, 11) is -3.54. The highest BCUT2D eigenvalue weighted by Gasteiger charge is 2.42. The normalized spacial score (nSPS) is 16.7. The van der Waals surface area contributed by atoms with E-state index in [2.05, 4.69) is 4.72 Å². The number of aryl methyl sites for hydroxylation is 1. The van der Waals surface area contributed by atoms with Crippen LogP contribution in [0.15, 0.2) is 23.1 Å². The van der Waals surface area contributed by atoms with Crippen LogP contribution in [0.3, 0.4) is 0 Å². The van der Waals surface area contributed by atoms with E-state index in [1.807, 2.05) is 13.8 Å². The monoisotopic (exact) mass is 313 g/mol. The van der Waals surface area contributed by atoms with Gasteiger partial charge in [-0.2, -0.15) is 0 Å². The second-order valence-electron chi connectivity index (χ2n) is 5.76. The molecule has 0 aromatic heterocycles. The van der Waals surface area contributed by atoms with Gasteiger partial charge < -0.3 is 9.84 Å². The summed E-state index contributed by atoms with van der Waals surface area (Å²) in [5.41, 5.74) is 0.557. The van der Waals surface area contributed by atoms with Gasteiger partial charge in [-0.25, -0.2) is 13.1 Å². The fraction of sp³-hybridized carbons (Fsp3) is 0.600. The highest BCUT2D eigenvalue weighted by atomic mass is 32.2. The van der Waals surface area contributed by atoms with E-state index in [1.165, 1.54) is 0 Å². The topological polar surface area (TPSA) is 75.6 Å². The van der Waals surface area contributed by atoms with Crippen LogP contribution in [0.5, 0.6) is 5.75 Å². The Bertz CT molecular complexity index is 594. The van der Waals surface area contributed by atoms with E-state index in [9.17, 15) is 13.5 Å². The summed E-state index contributed by atoms with van der Waals surface area (Å²) in [6.45, 7) is 4.79. The van der Waals surface area contributed by atoms with Crippen molar-refractivity contribution >= 4 is 10.0 Å². The molecule has 1 fully saturated rings. The van der Waals surface area contributed by atoms with E-state index >= 15 is 0 Å². The van der Waals surface area contributed by atoms with Gasteiger partial charge in [0.1, 0.15) is 5.75 Å². The minimum absolute atomic E-state index is 0.0261. The first kappa shape index (κ1) is 16.3. The maximum atomic E-state index is 12.3. The molecule has 0 unspecified atom stereocenters. The molecule has 0 heterocycles. The number of sulfonamides is 1. The number of hydrogen-bond donors (Lipinski definition) is 2. The molecule has 1 aliphatic rings. The Morgan fingerprint density at radius 1 is 1.38 bits per heavy atom.